The first-order valence-corrected chi connectivity index (χ1v) is 4.99. The SMILES string of the molecule is C=CC[N+]12CC3CN(CN(C1)N3)C2. The van der Waals surface area contributed by atoms with Gasteiger partial charge in [-0.05, 0) is 6.08 Å². The molecular formula is C9H17N4+. The van der Waals surface area contributed by atoms with Crippen LogP contribution in [0.4, 0.5) is 0 Å². The number of nitrogens with one attached hydrogen (secondary N) is 1. The summed E-state index contributed by atoms with van der Waals surface area (Å²) in [6.45, 7) is 11.0. The third-order valence-corrected chi connectivity index (χ3v) is 3.31. The highest BCUT2D eigenvalue weighted by Gasteiger charge is 2.48. The van der Waals surface area contributed by atoms with Gasteiger partial charge >= 0.3 is 0 Å². The van der Waals surface area contributed by atoms with Gasteiger partial charge in [0, 0.05) is 6.54 Å². The molecule has 0 saturated carbocycles. The van der Waals surface area contributed by atoms with Gasteiger partial charge in [0.1, 0.15) is 13.3 Å². The number of hydrogen-bond acceptors (Lipinski definition) is 3. The van der Waals surface area contributed by atoms with Gasteiger partial charge in [0.15, 0.2) is 0 Å². The standard InChI is InChI=1S/C9H17N4/c1-2-3-13-5-9-4-11(7-13)6-12(8-13)10-9/h2,9-10H,1,3-8H2/q+1. The summed E-state index contributed by atoms with van der Waals surface area (Å²) in [5.41, 5.74) is 3.54. The second-order valence-electron chi connectivity index (χ2n) is 4.64. The van der Waals surface area contributed by atoms with E-state index < -0.39 is 0 Å². The number of hydrazine groups is 1. The fourth-order valence-electron chi connectivity index (χ4n) is 3.12. The Labute approximate surface area is 79.0 Å². The zero-order valence-electron chi connectivity index (χ0n) is 7.95. The van der Waals surface area contributed by atoms with Crippen LogP contribution in [-0.2, 0) is 0 Å². The average Bonchev–Trinajstić information content (AvgIpc) is 2.00. The van der Waals surface area contributed by atoms with E-state index in [1.54, 1.807) is 0 Å². The number of nitrogens with zero attached hydrogens (tertiary/aromatic N) is 3. The summed E-state index contributed by atoms with van der Waals surface area (Å²) in [4.78, 5) is 2.54. The summed E-state index contributed by atoms with van der Waals surface area (Å²) >= 11 is 0. The molecule has 0 aromatic rings. The number of rotatable bonds is 2. The Balaban J connectivity index is 1.87. The van der Waals surface area contributed by atoms with E-state index in [-0.39, 0.29) is 0 Å². The maximum absolute atomic E-state index is 3.86. The van der Waals surface area contributed by atoms with Gasteiger partial charge in [-0.25, -0.2) is 10.3 Å². The molecule has 4 aliphatic heterocycles. The molecular weight excluding hydrogens is 164 g/mol. The maximum atomic E-state index is 3.86. The minimum absolute atomic E-state index is 0.677. The van der Waals surface area contributed by atoms with E-state index in [4.69, 9.17) is 0 Å². The molecule has 4 unspecified atom stereocenters. The molecule has 13 heavy (non-hydrogen) atoms. The molecule has 1 N–H and O–H groups in total. The molecule has 72 valence electrons. The van der Waals surface area contributed by atoms with Crippen LogP contribution in [0.25, 0.3) is 0 Å². The molecule has 4 heterocycles. The summed E-state index contributed by atoms with van der Waals surface area (Å²) in [6, 6.07) is 0.677. The van der Waals surface area contributed by atoms with E-state index >= 15 is 0 Å². The van der Waals surface area contributed by atoms with Gasteiger partial charge in [-0.2, -0.15) is 5.01 Å². The normalized spacial score (nSPS) is 52.5. The van der Waals surface area contributed by atoms with Crippen molar-refractivity contribution in [2.24, 2.45) is 0 Å². The highest BCUT2D eigenvalue weighted by Crippen LogP contribution is 2.26. The largest absolute Gasteiger partial charge is 0.293 e. The molecule has 4 saturated heterocycles. The molecule has 0 aromatic carbocycles. The first-order valence-electron chi connectivity index (χ1n) is 4.99. The molecule has 4 fully saturated rings. The van der Waals surface area contributed by atoms with Crippen molar-refractivity contribution in [3.63, 3.8) is 0 Å². The van der Waals surface area contributed by atoms with E-state index in [1.807, 2.05) is 0 Å². The minimum Gasteiger partial charge on any atom is -0.293 e. The molecule has 4 bridgehead atoms. The predicted molar refractivity (Wildman–Crippen MR) is 50.3 cm³/mol. The van der Waals surface area contributed by atoms with Crippen molar-refractivity contribution in [3.8, 4) is 0 Å². The Morgan fingerprint density at radius 3 is 3.15 bits per heavy atom. The van der Waals surface area contributed by atoms with Crippen LogP contribution in [0.15, 0.2) is 12.7 Å². The number of hydrogen-bond donors (Lipinski definition) is 1. The Kier molecular flexibility index (Phi) is 1.55. The van der Waals surface area contributed by atoms with Crippen molar-refractivity contribution in [1.82, 2.24) is 15.3 Å². The van der Waals surface area contributed by atoms with Crippen LogP contribution >= 0.6 is 0 Å². The van der Waals surface area contributed by atoms with Crippen molar-refractivity contribution in [1.29, 1.82) is 0 Å². The van der Waals surface area contributed by atoms with Gasteiger partial charge < -0.3 is 0 Å². The van der Waals surface area contributed by atoms with Gasteiger partial charge in [0.05, 0.1) is 25.8 Å². The molecule has 0 aromatic heterocycles. The average molecular weight is 181 g/mol. The lowest BCUT2D eigenvalue weighted by molar-refractivity contribution is -0.965. The first-order chi connectivity index (χ1) is 6.30. The first kappa shape index (κ1) is 7.94. The van der Waals surface area contributed by atoms with E-state index in [2.05, 4.69) is 28.0 Å². The number of quaternary nitrogens is 1. The Morgan fingerprint density at radius 2 is 2.46 bits per heavy atom. The fourth-order valence-corrected chi connectivity index (χ4v) is 3.12. The molecule has 4 rings (SSSR count). The molecule has 0 amide bonds. The summed E-state index contributed by atoms with van der Waals surface area (Å²) in [5, 5.41) is 2.35. The van der Waals surface area contributed by atoms with Crippen molar-refractivity contribution in [2.45, 2.75) is 6.04 Å². The van der Waals surface area contributed by atoms with Crippen molar-refractivity contribution in [2.75, 3.05) is 39.6 Å². The van der Waals surface area contributed by atoms with Gasteiger partial charge in [0.2, 0.25) is 0 Å². The second-order valence-corrected chi connectivity index (χ2v) is 4.64. The summed E-state index contributed by atoms with van der Waals surface area (Å²) in [5.74, 6) is 0. The van der Waals surface area contributed by atoms with Crippen LogP contribution in [0.2, 0.25) is 0 Å². The lowest BCUT2D eigenvalue weighted by atomic mass is 10.1. The van der Waals surface area contributed by atoms with Crippen molar-refractivity contribution >= 4 is 0 Å². The van der Waals surface area contributed by atoms with E-state index in [9.17, 15) is 0 Å². The second kappa shape index (κ2) is 2.54. The Hall–Kier alpha value is -0.420. The molecule has 4 atom stereocenters. The van der Waals surface area contributed by atoms with Gasteiger partial charge in [-0.3, -0.25) is 4.48 Å². The lowest BCUT2D eigenvalue weighted by Crippen LogP contribution is -2.81. The van der Waals surface area contributed by atoms with Crippen LogP contribution in [0.5, 0.6) is 0 Å². The quantitative estimate of drug-likeness (QED) is 0.452. The predicted octanol–water partition coefficient (Wildman–Crippen LogP) is -0.620. The topological polar surface area (TPSA) is 18.5 Å². The minimum atomic E-state index is 0.677. The molecule has 4 heteroatoms. The summed E-state index contributed by atoms with van der Waals surface area (Å²) in [7, 11) is 0. The van der Waals surface area contributed by atoms with Crippen molar-refractivity contribution in [3.05, 3.63) is 12.7 Å². The molecule has 0 aliphatic carbocycles. The zero-order chi connectivity index (χ0) is 8.89. The third kappa shape index (κ3) is 1.14. The van der Waals surface area contributed by atoms with Gasteiger partial charge in [0.25, 0.3) is 0 Å². The van der Waals surface area contributed by atoms with Crippen LogP contribution in [-0.4, -0.2) is 60.1 Å². The van der Waals surface area contributed by atoms with E-state index in [1.165, 1.54) is 24.2 Å². The van der Waals surface area contributed by atoms with Crippen LogP contribution < -0.4 is 5.43 Å². The van der Waals surface area contributed by atoms with Crippen LogP contribution in [0, 0.1) is 0 Å². The lowest BCUT2D eigenvalue weighted by Gasteiger charge is -2.59. The molecule has 0 radical (unpaired) electrons. The van der Waals surface area contributed by atoms with Crippen LogP contribution in [0.3, 0.4) is 0 Å². The summed E-state index contributed by atoms with van der Waals surface area (Å²) < 4.78 is 1.20. The highest BCUT2D eigenvalue weighted by atomic mass is 15.7. The zero-order valence-corrected chi connectivity index (χ0v) is 7.95. The summed E-state index contributed by atoms with van der Waals surface area (Å²) in [6.07, 6.45) is 2.06. The third-order valence-electron chi connectivity index (χ3n) is 3.31. The Bertz CT molecular complexity index is 202. The Morgan fingerprint density at radius 1 is 1.54 bits per heavy atom. The molecule has 4 nitrogen and oxygen atoms in total. The fraction of sp³-hybridized carbons (Fsp3) is 0.778. The molecule has 0 spiro atoms. The monoisotopic (exact) mass is 181 g/mol. The van der Waals surface area contributed by atoms with Crippen molar-refractivity contribution < 1.29 is 4.48 Å². The van der Waals surface area contributed by atoms with Crippen LogP contribution in [0.1, 0.15) is 0 Å². The molecule has 4 aliphatic rings. The van der Waals surface area contributed by atoms with E-state index in [0.717, 1.165) is 19.9 Å². The highest BCUT2D eigenvalue weighted by molar-refractivity contribution is 4.84. The van der Waals surface area contributed by atoms with Gasteiger partial charge in [-0.15, -0.1) is 0 Å². The van der Waals surface area contributed by atoms with E-state index in [0.29, 0.717) is 6.04 Å². The van der Waals surface area contributed by atoms with Gasteiger partial charge in [-0.1, -0.05) is 6.58 Å². The maximum Gasteiger partial charge on any atom is 0.150 e. The smallest absolute Gasteiger partial charge is 0.150 e.